The predicted octanol–water partition coefficient (Wildman–Crippen LogP) is 4.22. The molecule has 0 bridgehead atoms. The van der Waals surface area contributed by atoms with Crippen molar-refractivity contribution in [3.8, 4) is 0 Å². The summed E-state index contributed by atoms with van der Waals surface area (Å²) in [5.41, 5.74) is 1.27. The number of carbonyl (C=O) groups is 2. The van der Waals surface area contributed by atoms with Crippen LogP contribution < -0.4 is 5.32 Å². The zero-order valence-electron chi connectivity index (χ0n) is 12.1. The minimum Gasteiger partial charge on any atom is -0.478 e. The van der Waals surface area contributed by atoms with Crippen LogP contribution in [0.25, 0.3) is 6.08 Å². The molecule has 1 amide bonds. The number of nitrogens with one attached hydrogen (secondary N) is 1. The smallest absolute Gasteiger partial charge is 0.335 e. The summed E-state index contributed by atoms with van der Waals surface area (Å²) in [6, 6.07) is 9.72. The number of anilines is 1. The fourth-order valence-electron chi connectivity index (χ4n) is 1.85. The topological polar surface area (TPSA) is 66.4 Å². The van der Waals surface area contributed by atoms with Crippen LogP contribution in [0.15, 0.2) is 48.0 Å². The van der Waals surface area contributed by atoms with E-state index in [0.29, 0.717) is 11.1 Å². The Morgan fingerprint density at radius 2 is 1.83 bits per heavy atom. The van der Waals surface area contributed by atoms with Gasteiger partial charge in [-0.05, 0) is 48.9 Å². The number of rotatable bonds is 4. The number of halogens is 2. The molecule has 2 rings (SSSR count). The van der Waals surface area contributed by atoms with Crippen LogP contribution in [0, 0.1) is 5.82 Å². The van der Waals surface area contributed by atoms with Gasteiger partial charge in [-0.3, -0.25) is 4.79 Å². The van der Waals surface area contributed by atoms with Gasteiger partial charge >= 0.3 is 5.97 Å². The van der Waals surface area contributed by atoms with Crippen molar-refractivity contribution >= 4 is 35.2 Å². The van der Waals surface area contributed by atoms with Crippen LogP contribution in [0.2, 0.25) is 5.02 Å². The molecule has 0 fully saturated rings. The van der Waals surface area contributed by atoms with E-state index in [4.69, 9.17) is 16.7 Å². The van der Waals surface area contributed by atoms with Crippen molar-refractivity contribution < 1.29 is 19.1 Å². The molecule has 0 aromatic heterocycles. The Labute approximate surface area is 137 Å². The minimum atomic E-state index is -1.12. The number of benzene rings is 2. The first-order valence-corrected chi connectivity index (χ1v) is 7.02. The molecule has 0 aliphatic carbocycles. The molecular weight excluding hydrogens is 321 g/mol. The average molecular weight is 334 g/mol. The van der Waals surface area contributed by atoms with Crippen LogP contribution in [0.5, 0.6) is 0 Å². The third kappa shape index (κ3) is 4.40. The maximum absolute atomic E-state index is 12.9. The van der Waals surface area contributed by atoms with Gasteiger partial charge < -0.3 is 10.4 Å². The molecule has 0 saturated heterocycles. The average Bonchev–Trinajstić information content (AvgIpc) is 2.51. The highest BCUT2D eigenvalue weighted by atomic mass is 35.5. The van der Waals surface area contributed by atoms with Gasteiger partial charge in [-0.15, -0.1) is 0 Å². The number of hydrogen-bond donors (Lipinski definition) is 2. The zero-order valence-corrected chi connectivity index (χ0v) is 12.9. The molecule has 2 aromatic rings. The highest BCUT2D eigenvalue weighted by Gasteiger charge is 2.11. The normalized spacial score (nSPS) is 11.2. The van der Waals surface area contributed by atoms with Crippen LogP contribution in [-0.2, 0) is 4.79 Å². The van der Waals surface area contributed by atoms with Crippen molar-refractivity contribution in [2.75, 3.05) is 5.32 Å². The molecule has 4 nitrogen and oxygen atoms in total. The van der Waals surface area contributed by atoms with Gasteiger partial charge in [-0.2, -0.15) is 0 Å². The Balaban J connectivity index is 2.19. The van der Waals surface area contributed by atoms with E-state index in [-0.39, 0.29) is 22.1 Å². The fraction of sp³-hybridized carbons (Fsp3) is 0.0588. The highest BCUT2D eigenvalue weighted by molar-refractivity contribution is 6.34. The summed E-state index contributed by atoms with van der Waals surface area (Å²) < 4.78 is 12.9. The van der Waals surface area contributed by atoms with Gasteiger partial charge in [0.15, 0.2) is 0 Å². The van der Waals surface area contributed by atoms with E-state index in [2.05, 4.69) is 5.32 Å². The van der Waals surface area contributed by atoms with Crippen LogP contribution in [-0.4, -0.2) is 17.0 Å². The standard InChI is InChI=1S/C17H13ClFNO3/c1-10(8-11-2-5-13(19)6-3-11)16(21)20-15-9-12(17(22)23)4-7-14(15)18/h2-9H,1H3,(H,20,21)(H,22,23). The molecule has 0 heterocycles. The second kappa shape index (κ2) is 7.07. The Morgan fingerprint density at radius 1 is 1.17 bits per heavy atom. The van der Waals surface area contributed by atoms with E-state index in [1.54, 1.807) is 25.1 Å². The van der Waals surface area contributed by atoms with Gasteiger partial charge in [-0.25, -0.2) is 9.18 Å². The summed E-state index contributed by atoms with van der Waals surface area (Å²) in [5, 5.41) is 11.8. The van der Waals surface area contributed by atoms with Crippen molar-refractivity contribution in [1.29, 1.82) is 0 Å². The van der Waals surface area contributed by atoms with Gasteiger partial charge in [0.05, 0.1) is 16.3 Å². The third-order valence-corrected chi connectivity index (χ3v) is 3.40. The third-order valence-electron chi connectivity index (χ3n) is 3.07. The lowest BCUT2D eigenvalue weighted by Gasteiger charge is -2.08. The Morgan fingerprint density at radius 3 is 2.43 bits per heavy atom. The quantitative estimate of drug-likeness (QED) is 0.823. The molecule has 0 saturated carbocycles. The van der Waals surface area contributed by atoms with Gasteiger partial charge in [0.2, 0.25) is 0 Å². The number of carbonyl (C=O) groups excluding carboxylic acids is 1. The zero-order chi connectivity index (χ0) is 17.0. The lowest BCUT2D eigenvalue weighted by Crippen LogP contribution is -2.13. The van der Waals surface area contributed by atoms with Gasteiger partial charge in [-0.1, -0.05) is 23.7 Å². The number of carboxylic acid groups (broad SMARTS) is 1. The first-order chi connectivity index (χ1) is 10.9. The molecule has 0 spiro atoms. The molecule has 118 valence electrons. The number of hydrogen-bond acceptors (Lipinski definition) is 2. The Bertz CT molecular complexity index is 785. The first-order valence-electron chi connectivity index (χ1n) is 6.65. The molecule has 2 N–H and O–H groups in total. The van der Waals surface area contributed by atoms with Gasteiger partial charge in [0, 0.05) is 5.57 Å². The second-order valence-electron chi connectivity index (χ2n) is 4.83. The summed E-state index contributed by atoms with van der Waals surface area (Å²) >= 11 is 5.96. The molecule has 6 heteroatoms. The monoisotopic (exact) mass is 333 g/mol. The Hall–Kier alpha value is -2.66. The van der Waals surface area contributed by atoms with Crippen molar-refractivity contribution in [3.05, 3.63) is 70.0 Å². The Kier molecular flexibility index (Phi) is 5.13. The summed E-state index contributed by atoms with van der Waals surface area (Å²) in [4.78, 5) is 23.1. The highest BCUT2D eigenvalue weighted by Crippen LogP contribution is 2.24. The second-order valence-corrected chi connectivity index (χ2v) is 5.24. The minimum absolute atomic E-state index is 0.0184. The van der Waals surface area contributed by atoms with Crippen LogP contribution in [0.1, 0.15) is 22.8 Å². The summed E-state index contributed by atoms with van der Waals surface area (Å²) in [6.45, 7) is 1.59. The first kappa shape index (κ1) is 16.7. The van der Waals surface area contributed by atoms with Crippen LogP contribution >= 0.6 is 11.6 Å². The lowest BCUT2D eigenvalue weighted by atomic mass is 10.1. The number of amides is 1. The van der Waals surface area contributed by atoms with Gasteiger partial charge in [0.1, 0.15) is 5.82 Å². The van der Waals surface area contributed by atoms with E-state index >= 15 is 0 Å². The van der Waals surface area contributed by atoms with Crippen molar-refractivity contribution in [2.45, 2.75) is 6.92 Å². The van der Waals surface area contributed by atoms with E-state index < -0.39 is 11.9 Å². The molecule has 0 unspecified atom stereocenters. The molecule has 0 aliphatic heterocycles. The van der Waals surface area contributed by atoms with Crippen molar-refractivity contribution in [2.24, 2.45) is 0 Å². The van der Waals surface area contributed by atoms with E-state index in [9.17, 15) is 14.0 Å². The van der Waals surface area contributed by atoms with Crippen molar-refractivity contribution in [1.82, 2.24) is 0 Å². The van der Waals surface area contributed by atoms with Crippen LogP contribution in [0.3, 0.4) is 0 Å². The SMILES string of the molecule is CC(=Cc1ccc(F)cc1)C(=O)Nc1cc(C(=O)O)ccc1Cl. The molecule has 2 aromatic carbocycles. The molecule has 0 atom stereocenters. The van der Waals surface area contributed by atoms with E-state index in [1.807, 2.05) is 0 Å². The largest absolute Gasteiger partial charge is 0.478 e. The summed E-state index contributed by atoms with van der Waals surface area (Å²) in [5.74, 6) is -1.91. The van der Waals surface area contributed by atoms with E-state index in [0.717, 1.165) is 0 Å². The lowest BCUT2D eigenvalue weighted by molar-refractivity contribution is -0.112. The van der Waals surface area contributed by atoms with E-state index in [1.165, 1.54) is 30.3 Å². The van der Waals surface area contributed by atoms with Crippen LogP contribution in [0.4, 0.5) is 10.1 Å². The molecule has 23 heavy (non-hydrogen) atoms. The molecule has 0 radical (unpaired) electrons. The number of aromatic carboxylic acids is 1. The van der Waals surface area contributed by atoms with Gasteiger partial charge in [0.25, 0.3) is 5.91 Å². The summed E-state index contributed by atoms with van der Waals surface area (Å²) in [7, 11) is 0. The predicted molar refractivity (Wildman–Crippen MR) is 87.1 cm³/mol. The number of carboxylic acids is 1. The molecular formula is C17H13ClFNO3. The maximum atomic E-state index is 12.9. The molecule has 0 aliphatic rings. The fourth-order valence-corrected chi connectivity index (χ4v) is 2.01. The maximum Gasteiger partial charge on any atom is 0.335 e. The summed E-state index contributed by atoms with van der Waals surface area (Å²) in [6.07, 6.45) is 1.59. The van der Waals surface area contributed by atoms with Crippen molar-refractivity contribution in [3.63, 3.8) is 0 Å².